The topological polar surface area (TPSA) is 41.6 Å². The molecule has 0 atom stereocenters. The SMILES string of the molecule is CCCCCNc1cccc(CN2CCOC2=O)c1. The van der Waals surface area contributed by atoms with Gasteiger partial charge in [-0.25, -0.2) is 4.79 Å². The van der Waals surface area contributed by atoms with Crippen molar-refractivity contribution in [2.24, 2.45) is 0 Å². The van der Waals surface area contributed by atoms with E-state index in [1.165, 1.54) is 19.3 Å². The smallest absolute Gasteiger partial charge is 0.410 e. The Balaban J connectivity index is 1.86. The van der Waals surface area contributed by atoms with Gasteiger partial charge in [0.15, 0.2) is 0 Å². The van der Waals surface area contributed by atoms with Crippen molar-refractivity contribution in [1.82, 2.24) is 4.90 Å². The van der Waals surface area contributed by atoms with Gasteiger partial charge in [0, 0.05) is 18.8 Å². The molecule has 1 N–H and O–H groups in total. The van der Waals surface area contributed by atoms with E-state index in [4.69, 9.17) is 4.74 Å². The van der Waals surface area contributed by atoms with Crippen molar-refractivity contribution in [2.75, 3.05) is 25.0 Å². The van der Waals surface area contributed by atoms with E-state index in [1.54, 1.807) is 4.90 Å². The predicted octanol–water partition coefficient (Wildman–Crippen LogP) is 3.24. The molecular formula is C15H22N2O2. The Bertz CT molecular complexity index is 420. The molecule has 1 saturated heterocycles. The maximum atomic E-state index is 11.4. The van der Waals surface area contributed by atoms with Gasteiger partial charge < -0.3 is 15.0 Å². The first kappa shape index (κ1) is 13.7. The average Bonchev–Trinajstić information content (AvgIpc) is 2.81. The van der Waals surface area contributed by atoms with Crippen molar-refractivity contribution in [3.63, 3.8) is 0 Å². The first-order chi connectivity index (χ1) is 9.29. The molecule has 0 saturated carbocycles. The van der Waals surface area contributed by atoms with Crippen molar-refractivity contribution in [3.05, 3.63) is 29.8 Å². The minimum absolute atomic E-state index is 0.207. The molecule has 19 heavy (non-hydrogen) atoms. The van der Waals surface area contributed by atoms with E-state index in [1.807, 2.05) is 12.1 Å². The van der Waals surface area contributed by atoms with Crippen LogP contribution in [0.5, 0.6) is 0 Å². The minimum Gasteiger partial charge on any atom is -0.448 e. The number of hydrogen-bond donors (Lipinski definition) is 1. The Morgan fingerprint density at radius 1 is 1.37 bits per heavy atom. The zero-order chi connectivity index (χ0) is 13.5. The molecule has 0 radical (unpaired) electrons. The number of unbranched alkanes of at least 4 members (excludes halogenated alkanes) is 2. The summed E-state index contributed by atoms with van der Waals surface area (Å²) in [5.41, 5.74) is 2.26. The molecule has 0 spiro atoms. The second kappa shape index (κ2) is 7.02. The van der Waals surface area contributed by atoms with E-state index in [9.17, 15) is 4.79 Å². The molecule has 1 aromatic rings. The number of carbonyl (C=O) groups excluding carboxylic acids is 1. The summed E-state index contributed by atoms with van der Waals surface area (Å²) in [6.07, 6.45) is 3.48. The Labute approximate surface area is 114 Å². The average molecular weight is 262 g/mol. The highest BCUT2D eigenvalue weighted by molar-refractivity contribution is 5.69. The van der Waals surface area contributed by atoms with Gasteiger partial charge in [0.1, 0.15) is 6.61 Å². The van der Waals surface area contributed by atoms with Gasteiger partial charge in [-0.3, -0.25) is 0 Å². The standard InChI is InChI=1S/C15H22N2O2/c1-2-3-4-8-16-14-7-5-6-13(11-14)12-17-9-10-19-15(17)18/h5-7,11,16H,2-4,8-10,12H2,1H3. The second-order valence-corrected chi connectivity index (χ2v) is 4.87. The molecule has 1 amide bonds. The van der Waals surface area contributed by atoms with Crippen LogP contribution in [-0.2, 0) is 11.3 Å². The number of anilines is 1. The molecule has 4 heteroatoms. The summed E-state index contributed by atoms with van der Waals surface area (Å²) in [6, 6.07) is 8.25. The first-order valence-electron chi connectivity index (χ1n) is 7.04. The Morgan fingerprint density at radius 3 is 3.00 bits per heavy atom. The summed E-state index contributed by atoms with van der Waals surface area (Å²) in [7, 11) is 0. The van der Waals surface area contributed by atoms with Gasteiger partial charge in [0.05, 0.1) is 6.54 Å². The monoisotopic (exact) mass is 262 g/mol. The van der Waals surface area contributed by atoms with Gasteiger partial charge in [-0.2, -0.15) is 0 Å². The van der Waals surface area contributed by atoms with Crippen molar-refractivity contribution in [3.8, 4) is 0 Å². The van der Waals surface area contributed by atoms with E-state index in [2.05, 4.69) is 24.4 Å². The van der Waals surface area contributed by atoms with Crippen LogP contribution in [-0.4, -0.2) is 30.7 Å². The quantitative estimate of drug-likeness (QED) is 0.767. The molecule has 0 aromatic heterocycles. The molecule has 0 bridgehead atoms. The summed E-state index contributed by atoms with van der Waals surface area (Å²) in [6.45, 7) is 5.03. The maximum Gasteiger partial charge on any atom is 0.410 e. The van der Waals surface area contributed by atoms with E-state index < -0.39 is 0 Å². The third-order valence-corrected chi connectivity index (χ3v) is 3.25. The summed E-state index contributed by atoms with van der Waals surface area (Å²) in [5.74, 6) is 0. The molecule has 1 aromatic carbocycles. The van der Waals surface area contributed by atoms with Gasteiger partial charge in [0.2, 0.25) is 0 Å². The van der Waals surface area contributed by atoms with Crippen LogP contribution in [0.2, 0.25) is 0 Å². The van der Waals surface area contributed by atoms with E-state index in [0.29, 0.717) is 19.7 Å². The fraction of sp³-hybridized carbons (Fsp3) is 0.533. The molecule has 1 fully saturated rings. The molecule has 2 rings (SSSR count). The Hall–Kier alpha value is -1.71. The largest absolute Gasteiger partial charge is 0.448 e. The lowest BCUT2D eigenvalue weighted by Gasteiger charge is -2.13. The van der Waals surface area contributed by atoms with Crippen LogP contribution in [0.3, 0.4) is 0 Å². The molecule has 4 nitrogen and oxygen atoms in total. The number of rotatable bonds is 7. The lowest BCUT2D eigenvalue weighted by atomic mass is 10.2. The highest BCUT2D eigenvalue weighted by Gasteiger charge is 2.21. The third kappa shape index (κ3) is 4.16. The van der Waals surface area contributed by atoms with Crippen LogP contribution >= 0.6 is 0 Å². The van der Waals surface area contributed by atoms with Gasteiger partial charge >= 0.3 is 6.09 Å². The first-order valence-corrected chi connectivity index (χ1v) is 7.04. The van der Waals surface area contributed by atoms with Gasteiger partial charge in [-0.1, -0.05) is 31.9 Å². The normalized spacial score (nSPS) is 14.6. The number of nitrogens with one attached hydrogen (secondary N) is 1. The fourth-order valence-corrected chi connectivity index (χ4v) is 2.18. The molecule has 1 aliphatic heterocycles. The molecule has 104 valence electrons. The number of cyclic esters (lactones) is 1. The molecule has 1 heterocycles. The summed E-state index contributed by atoms with van der Waals surface area (Å²) < 4.78 is 4.93. The number of ether oxygens (including phenoxy) is 1. The maximum absolute atomic E-state index is 11.4. The van der Waals surface area contributed by atoms with Crippen LogP contribution in [0.25, 0.3) is 0 Å². The third-order valence-electron chi connectivity index (χ3n) is 3.25. The molecule has 0 aliphatic carbocycles. The number of nitrogens with zero attached hydrogens (tertiary/aromatic N) is 1. The van der Waals surface area contributed by atoms with Crippen molar-refractivity contribution in [1.29, 1.82) is 0 Å². The Morgan fingerprint density at radius 2 is 2.26 bits per heavy atom. The molecular weight excluding hydrogens is 240 g/mol. The number of amides is 1. The summed E-state index contributed by atoms with van der Waals surface area (Å²) >= 11 is 0. The minimum atomic E-state index is -0.207. The lowest BCUT2D eigenvalue weighted by molar-refractivity contribution is 0.157. The van der Waals surface area contributed by atoms with Crippen molar-refractivity contribution < 1.29 is 9.53 Å². The predicted molar refractivity (Wildman–Crippen MR) is 76.2 cm³/mol. The Kier molecular flexibility index (Phi) is 5.07. The molecule has 0 unspecified atom stereocenters. The highest BCUT2D eigenvalue weighted by atomic mass is 16.6. The zero-order valence-electron chi connectivity index (χ0n) is 11.5. The van der Waals surface area contributed by atoms with Gasteiger partial charge in [-0.05, 0) is 24.1 Å². The van der Waals surface area contributed by atoms with E-state index >= 15 is 0 Å². The van der Waals surface area contributed by atoms with Crippen LogP contribution < -0.4 is 5.32 Å². The molecule has 1 aliphatic rings. The van der Waals surface area contributed by atoms with Crippen LogP contribution in [0.1, 0.15) is 31.7 Å². The van der Waals surface area contributed by atoms with Crippen molar-refractivity contribution >= 4 is 11.8 Å². The number of hydrogen-bond acceptors (Lipinski definition) is 3. The van der Waals surface area contributed by atoms with Gasteiger partial charge in [0.25, 0.3) is 0 Å². The number of benzene rings is 1. The number of carbonyl (C=O) groups is 1. The van der Waals surface area contributed by atoms with Crippen LogP contribution in [0.15, 0.2) is 24.3 Å². The fourth-order valence-electron chi connectivity index (χ4n) is 2.18. The van der Waals surface area contributed by atoms with Crippen molar-refractivity contribution in [2.45, 2.75) is 32.7 Å². The van der Waals surface area contributed by atoms with E-state index in [0.717, 1.165) is 17.8 Å². The van der Waals surface area contributed by atoms with Crippen LogP contribution in [0, 0.1) is 0 Å². The van der Waals surface area contributed by atoms with Crippen LogP contribution in [0.4, 0.5) is 10.5 Å². The highest BCUT2D eigenvalue weighted by Crippen LogP contribution is 2.15. The van der Waals surface area contributed by atoms with E-state index in [-0.39, 0.29) is 6.09 Å². The second-order valence-electron chi connectivity index (χ2n) is 4.87. The van der Waals surface area contributed by atoms with Gasteiger partial charge in [-0.15, -0.1) is 0 Å². The zero-order valence-corrected chi connectivity index (χ0v) is 11.5. The summed E-state index contributed by atoms with van der Waals surface area (Å²) in [4.78, 5) is 13.1. The lowest BCUT2D eigenvalue weighted by Crippen LogP contribution is -2.23. The summed E-state index contributed by atoms with van der Waals surface area (Å²) in [5, 5.41) is 3.42.